The van der Waals surface area contributed by atoms with E-state index in [2.05, 4.69) is 44.3 Å². The summed E-state index contributed by atoms with van der Waals surface area (Å²) in [6, 6.07) is 4.55. The fourth-order valence-corrected chi connectivity index (χ4v) is 2.52. The molecule has 1 aliphatic heterocycles. The Kier molecular flexibility index (Phi) is 3.45. The molecule has 1 N–H and O–H groups in total. The molecule has 0 amide bonds. The third kappa shape index (κ3) is 2.53. The predicted octanol–water partition coefficient (Wildman–Crippen LogP) is 3.38. The Morgan fingerprint density at radius 1 is 1.12 bits per heavy atom. The molecule has 0 spiro atoms. The second-order valence-corrected chi connectivity index (χ2v) is 4.90. The van der Waals surface area contributed by atoms with Crippen LogP contribution in [-0.2, 0) is 0 Å². The van der Waals surface area contributed by atoms with Gasteiger partial charge in [-0.05, 0) is 56.8 Å². The van der Waals surface area contributed by atoms with Gasteiger partial charge in [-0.3, -0.25) is 0 Å². The third-order valence-corrected chi connectivity index (χ3v) is 3.29. The largest absolute Gasteiger partial charge is 0.313 e. The molecule has 86 valence electrons. The van der Waals surface area contributed by atoms with Crippen molar-refractivity contribution in [2.45, 2.75) is 33.6 Å². The molecule has 1 aromatic rings. The van der Waals surface area contributed by atoms with Gasteiger partial charge in [0.2, 0.25) is 0 Å². The van der Waals surface area contributed by atoms with Gasteiger partial charge in [0.15, 0.2) is 0 Å². The van der Waals surface area contributed by atoms with Gasteiger partial charge < -0.3 is 5.32 Å². The number of hydrogen-bond acceptors (Lipinski definition) is 1. The number of piperidine rings is 1. The van der Waals surface area contributed by atoms with Crippen molar-refractivity contribution in [2.24, 2.45) is 0 Å². The van der Waals surface area contributed by atoms with E-state index in [1.54, 1.807) is 5.57 Å². The second-order valence-electron chi connectivity index (χ2n) is 4.90. The lowest BCUT2D eigenvalue weighted by Crippen LogP contribution is -2.23. The number of benzene rings is 1. The van der Waals surface area contributed by atoms with Crippen LogP contribution < -0.4 is 5.32 Å². The monoisotopic (exact) mass is 215 g/mol. The van der Waals surface area contributed by atoms with Crippen LogP contribution in [0.5, 0.6) is 0 Å². The topological polar surface area (TPSA) is 12.0 Å². The summed E-state index contributed by atoms with van der Waals surface area (Å²) >= 11 is 0. The van der Waals surface area contributed by atoms with Crippen molar-refractivity contribution in [3.63, 3.8) is 0 Å². The van der Waals surface area contributed by atoms with Crippen molar-refractivity contribution >= 4 is 6.08 Å². The molecule has 0 bridgehead atoms. The molecule has 0 saturated carbocycles. The van der Waals surface area contributed by atoms with Gasteiger partial charge >= 0.3 is 0 Å². The second kappa shape index (κ2) is 4.84. The standard InChI is InChI=1S/C15H21N/c1-11-7-12(2)15(13(3)8-11)9-14-5-4-6-16-10-14/h7-9,16H,4-6,10H2,1-3H3. The first-order valence-electron chi connectivity index (χ1n) is 6.15. The van der Waals surface area contributed by atoms with Crippen LogP contribution in [0.15, 0.2) is 17.7 Å². The highest BCUT2D eigenvalue weighted by atomic mass is 14.9. The quantitative estimate of drug-likeness (QED) is 0.757. The summed E-state index contributed by atoms with van der Waals surface area (Å²) in [4.78, 5) is 0. The number of hydrogen-bond donors (Lipinski definition) is 1. The van der Waals surface area contributed by atoms with Crippen LogP contribution in [0.25, 0.3) is 6.08 Å². The Balaban J connectivity index is 2.33. The first-order valence-corrected chi connectivity index (χ1v) is 6.15. The maximum absolute atomic E-state index is 3.44. The molecule has 1 aliphatic rings. The van der Waals surface area contributed by atoms with Crippen molar-refractivity contribution < 1.29 is 0 Å². The Morgan fingerprint density at radius 2 is 1.81 bits per heavy atom. The van der Waals surface area contributed by atoms with Gasteiger partial charge in [-0.1, -0.05) is 29.3 Å². The molecule has 1 heteroatoms. The van der Waals surface area contributed by atoms with E-state index in [0.717, 1.165) is 6.54 Å². The Hall–Kier alpha value is -1.08. The molecular formula is C15H21N. The molecule has 0 aliphatic carbocycles. The maximum Gasteiger partial charge on any atom is 0.0167 e. The smallest absolute Gasteiger partial charge is 0.0167 e. The van der Waals surface area contributed by atoms with Gasteiger partial charge in [0.05, 0.1) is 0 Å². The van der Waals surface area contributed by atoms with Crippen molar-refractivity contribution in [1.82, 2.24) is 5.32 Å². The normalized spacial score (nSPS) is 19.1. The van der Waals surface area contributed by atoms with E-state index in [1.165, 1.54) is 41.6 Å². The average molecular weight is 215 g/mol. The highest BCUT2D eigenvalue weighted by Gasteiger charge is 2.07. The van der Waals surface area contributed by atoms with Crippen LogP contribution in [-0.4, -0.2) is 13.1 Å². The molecule has 0 unspecified atom stereocenters. The lowest BCUT2D eigenvalue weighted by Gasteiger charge is -2.16. The van der Waals surface area contributed by atoms with E-state index in [1.807, 2.05) is 0 Å². The van der Waals surface area contributed by atoms with E-state index in [0.29, 0.717) is 0 Å². The van der Waals surface area contributed by atoms with Crippen LogP contribution >= 0.6 is 0 Å². The van der Waals surface area contributed by atoms with Crippen LogP contribution in [0.2, 0.25) is 0 Å². The minimum atomic E-state index is 1.06. The van der Waals surface area contributed by atoms with Crippen LogP contribution in [0.4, 0.5) is 0 Å². The lowest BCUT2D eigenvalue weighted by molar-refractivity contribution is 0.613. The predicted molar refractivity (Wildman–Crippen MR) is 70.7 cm³/mol. The summed E-state index contributed by atoms with van der Waals surface area (Å²) in [5.74, 6) is 0. The summed E-state index contributed by atoms with van der Waals surface area (Å²) in [5, 5.41) is 3.44. The maximum atomic E-state index is 3.44. The molecule has 1 fully saturated rings. The van der Waals surface area contributed by atoms with E-state index in [-0.39, 0.29) is 0 Å². The van der Waals surface area contributed by atoms with Crippen LogP contribution in [0.3, 0.4) is 0 Å². The van der Waals surface area contributed by atoms with Gasteiger partial charge in [0, 0.05) is 6.54 Å². The first-order chi connectivity index (χ1) is 7.66. The third-order valence-electron chi connectivity index (χ3n) is 3.29. The molecular weight excluding hydrogens is 194 g/mol. The van der Waals surface area contributed by atoms with Crippen molar-refractivity contribution in [1.29, 1.82) is 0 Å². The SMILES string of the molecule is Cc1cc(C)c(C=C2CCCNC2)c(C)c1. The van der Waals surface area contributed by atoms with Gasteiger partial charge in [-0.15, -0.1) is 0 Å². The van der Waals surface area contributed by atoms with E-state index in [9.17, 15) is 0 Å². The number of rotatable bonds is 1. The van der Waals surface area contributed by atoms with Crippen LogP contribution in [0.1, 0.15) is 35.1 Å². The summed E-state index contributed by atoms with van der Waals surface area (Å²) in [6.45, 7) is 8.82. The molecule has 16 heavy (non-hydrogen) atoms. The molecule has 1 saturated heterocycles. The van der Waals surface area contributed by atoms with Gasteiger partial charge in [-0.25, -0.2) is 0 Å². The average Bonchev–Trinajstić information content (AvgIpc) is 2.25. The summed E-state index contributed by atoms with van der Waals surface area (Å²) in [5.41, 5.74) is 7.12. The molecule has 1 aromatic carbocycles. The highest BCUT2D eigenvalue weighted by molar-refractivity contribution is 5.61. The van der Waals surface area contributed by atoms with Crippen LogP contribution in [0, 0.1) is 20.8 Å². The zero-order chi connectivity index (χ0) is 11.5. The van der Waals surface area contributed by atoms with Crippen molar-refractivity contribution in [2.75, 3.05) is 13.1 Å². The molecule has 1 heterocycles. The first kappa shape index (κ1) is 11.4. The van der Waals surface area contributed by atoms with Crippen molar-refractivity contribution in [3.05, 3.63) is 40.0 Å². The van der Waals surface area contributed by atoms with Crippen molar-refractivity contribution in [3.8, 4) is 0 Å². The Labute approximate surface area is 98.6 Å². The summed E-state index contributed by atoms with van der Waals surface area (Å²) < 4.78 is 0. The highest BCUT2D eigenvalue weighted by Crippen LogP contribution is 2.21. The molecule has 2 rings (SSSR count). The summed E-state index contributed by atoms with van der Waals surface area (Å²) in [6.07, 6.45) is 4.91. The van der Waals surface area contributed by atoms with Gasteiger partial charge in [0.1, 0.15) is 0 Å². The van der Waals surface area contributed by atoms with Gasteiger partial charge in [0.25, 0.3) is 0 Å². The zero-order valence-electron chi connectivity index (χ0n) is 10.6. The number of nitrogens with one attached hydrogen (secondary N) is 1. The lowest BCUT2D eigenvalue weighted by atomic mass is 9.96. The van der Waals surface area contributed by atoms with E-state index in [4.69, 9.17) is 0 Å². The summed E-state index contributed by atoms with van der Waals surface area (Å²) in [7, 11) is 0. The molecule has 0 aromatic heterocycles. The van der Waals surface area contributed by atoms with Gasteiger partial charge in [-0.2, -0.15) is 0 Å². The Bertz CT molecular complexity index is 384. The fourth-order valence-electron chi connectivity index (χ4n) is 2.52. The minimum absolute atomic E-state index is 1.06. The molecule has 1 nitrogen and oxygen atoms in total. The molecule has 0 radical (unpaired) electrons. The molecule has 0 atom stereocenters. The Morgan fingerprint density at radius 3 is 2.38 bits per heavy atom. The zero-order valence-corrected chi connectivity index (χ0v) is 10.6. The number of aryl methyl sites for hydroxylation is 3. The van der Waals surface area contributed by atoms with E-state index < -0.39 is 0 Å². The van der Waals surface area contributed by atoms with E-state index >= 15 is 0 Å². The minimum Gasteiger partial charge on any atom is -0.313 e. The fraction of sp³-hybridized carbons (Fsp3) is 0.467.